The quantitative estimate of drug-likeness (QED) is 0.684. The minimum Gasteiger partial charge on any atom is -0.340 e. The van der Waals surface area contributed by atoms with Crippen LogP contribution in [0.5, 0.6) is 0 Å². The first-order chi connectivity index (χ1) is 13.6. The van der Waals surface area contributed by atoms with E-state index in [0.29, 0.717) is 29.2 Å². The van der Waals surface area contributed by atoms with Gasteiger partial charge in [-0.2, -0.15) is 11.8 Å². The van der Waals surface area contributed by atoms with Crippen molar-refractivity contribution >= 4 is 28.6 Å². The maximum atomic E-state index is 12.8. The summed E-state index contributed by atoms with van der Waals surface area (Å²) in [4.78, 5) is 31.7. The van der Waals surface area contributed by atoms with Crippen LogP contribution in [0.4, 0.5) is 0 Å². The van der Waals surface area contributed by atoms with Crippen LogP contribution in [0.25, 0.3) is 10.9 Å². The second kappa shape index (κ2) is 8.19. The highest BCUT2D eigenvalue weighted by Crippen LogP contribution is 2.35. The molecule has 0 aliphatic carbocycles. The predicted molar refractivity (Wildman–Crippen MR) is 114 cm³/mol. The highest BCUT2D eigenvalue weighted by Gasteiger charge is 2.23. The van der Waals surface area contributed by atoms with Crippen molar-refractivity contribution in [2.24, 2.45) is 0 Å². The molecule has 1 aromatic heterocycles. The monoisotopic (exact) mass is 393 g/mol. The van der Waals surface area contributed by atoms with Crippen LogP contribution in [-0.2, 0) is 11.3 Å². The molecule has 0 spiro atoms. The van der Waals surface area contributed by atoms with Gasteiger partial charge in [0.1, 0.15) is 6.54 Å². The van der Waals surface area contributed by atoms with E-state index in [4.69, 9.17) is 0 Å². The zero-order chi connectivity index (χ0) is 19.5. The molecule has 1 unspecified atom stereocenters. The average molecular weight is 394 g/mol. The molecule has 1 saturated heterocycles. The number of carbonyl (C=O) groups excluding carboxylic acids is 1. The van der Waals surface area contributed by atoms with Crippen LogP contribution in [0, 0.1) is 6.92 Å². The van der Waals surface area contributed by atoms with Crippen molar-refractivity contribution in [1.29, 1.82) is 0 Å². The second-order valence-corrected chi connectivity index (χ2v) is 8.39. The molecule has 1 fully saturated rings. The van der Waals surface area contributed by atoms with Gasteiger partial charge in [-0.05, 0) is 36.6 Å². The number of thioether (sulfide) groups is 1. The van der Waals surface area contributed by atoms with Gasteiger partial charge in [0.15, 0.2) is 0 Å². The number of rotatable bonds is 3. The van der Waals surface area contributed by atoms with E-state index in [1.807, 2.05) is 28.8 Å². The predicted octanol–water partition coefficient (Wildman–Crippen LogP) is 3.41. The minimum absolute atomic E-state index is 0.0229. The lowest BCUT2D eigenvalue weighted by Gasteiger charge is -2.21. The highest BCUT2D eigenvalue weighted by molar-refractivity contribution is 7.99. The zero-order valence-electron chi connectivity index (χ0n) is 15.9. The molecule has 0 saturated carbocycles. The summed E-state index contributed by atoms with van der Waals surface area (Å²) in [6, 6.07) is 15.7. The van der Waals surface area contributed by atoms with Gasteiger partial charge in [0.25, 0.3) is 5.56 Å². The normalized spacial score (nSPS) is 17.5. The third kappa shape index (κ3) is 3.83. The van der Waals surface area contributed by atoms with Crippen molar-refractivity contribution in [2.45, 2.75) is 25.1 Å². The van der Waals surface area contributed by atoms with Gasteiger partial charge in [-0.25, -0.2) is 4.98 Å². The summed E-state index contributed by atoms with van der Waals surface area (Å²) in [5.41, 5.74) is 3.15. The van der Waals surface area contributed by atoms with Crippen molar-refractivity contribution in [1.82, 2.24) is 14.5 Å². The van der Waals surface area contributed by atoms with Crippen molar-refractivity contribution < 1.29 is 4.79 Å². The number of aryl methyl sites for hydroxylation is 1. The van der Waals surface area contributed by atoms with Crippen molar-refractivity contribution in [3.63, 3.8) is 0 Å². The molecule has 1 amide bonds. The van der Waals surface area contributed by atoms with E-state index in [1.165, 1.54) is 22.0 Å². The third-order valence-electron chi connectivity index (χ3n) is 5.27. The van der Waals surface area contributed by atoms with Gasteiger partial charge in [-0.1, -0.05) is 36.4 Å². The van der Waals surface area contributed by atoms with Crippen LogP contribution in [0.2, 0.25) is 0 Å². The van der Waals surface area contributed by atoms with Crippen LogP contribution >= 0.6 is 11.8 Å². The molecular weight excluding hydrogens is 370 g/mol. The van der Waals surface area contributed by atoms with Gasteiger partial charge in [-0.3, -0.25) is 14.2 Å². The summed E-state index contributed by atoms with van der Waals surface area (Å²) >= 11 is 1.91. The van der Waals surface area contributed by atoms with E-state index in [1.54, 1.807) is 12.1 Å². The number of aromatic nitrogens is 2. The van der Waals surface area contributed by atoms with Crippen LogP contribution in [-0.4, -0.2) is 39.2 Å². The first-order valence-electron chi connectivity index (χ1n) is 9.52. The van der Waals surface area contributed by atoms with E-state index < -0.39 is 0 Å². The Bertz CT molecular complexity index is 1060. The minimum atomic E-state index is -0.166. The molecule has 144 valence electrons. The largest absolute Gasteiger partial charge is 0.340 e. The molecule has 2 heterocycles. The maximum Gasteiger partial charge on any atom is 0.261 e. The van der Waals surface area contributed by atoms with Gasteiger partial charge >= 0.3 is 0 Å². The smallest absolute Gasteiger partial charge is 0.261 e. The van der Waals surface area contributed by atoms with Crippen LogP contribution < -0.4 is 5.56 Å². The zero-order valence-corrected chi connectivity index (χ0v) is 16.7. The molecule has 1 atom stereocenters. The molecule has 3 aromatic rings. The van der Waals surface area contributed by atoms with Crippen LogP contribution in [0.1, 0.15) is 22.8 Å². The average Bonchev–Trinajstić information content (AvgIpc) is 2.97. The van der Waals surface area contributed by atoms with E-state index in [2.05, 4.69) is 36.2 Å². The number of nitrogens with zero attached hydrogens (tertiary/aromatic N) is 3. The topological polar surface area (TPSA) is 55.2 Å². The van der Waals surface area contributed by atoms with Crippen LogP contribution in [0.15, 0.2) is 59.7 Å². The fourth-order valence-corrected chi connectivity index (χ4v) is 5.01. The number of carbonyl (C=O) groups is 1. The van der Waals surface area contributed by atoms with Crippen LogP contribution in [0.3, 0.4) is 0 Å². The highest BCUT2D eigenvalue weighted by atomic mass is 32.2. The molecule has 5 nitrogen and oxygen atoms in total. The Morgan fingerprint density at radius 3 is 2.79 bits per heavy atom. The number of benzene rings is 2. The molecule has 2 aromatic carbocycles. The van der Waals surface area contributed by atoms with Crippen molar-refractivity contribution in [3.05, 3.63) is 76.3 Å². The first-order valence-corrected chi connectivity index (χ1v) is 10.6. The Hall–Kier alpha value is -2.60. The van der Waals surface area contributed by atoms with E-state index in [-0.39, 0.29) is 18.0 Å². The molecule has 1 aliphatic heterocycles. The SMILES string of the molecule is Cc1ccccc1C1CCN(C(=O)Cn2cnc3ccccc3c2=O)CCS1. The Kier molecular flexibility index (Phi) is 5.48. The fraction of sp³-hybridized carbons (Fsp3) is 0.318. The molecule has 0 N–H and O–H groups in total. The summed E-state index contributed by atoms with van der Waals surface area (Å²) in [6.07, 6.45) is 2.40. The Morgan fingerprint density at radius 1 is 1.14 bits per heavy atom. The number of amides is 1. The molecule has 4 rings (SSSR count). The molecular formula is C22H23N3O2S. The van der Waals surface area contributed by atoms with Crippen molar-refractivity contribution in [2.75, 3.05) is 18.8 Å². The molecule has 0 radical (unpaired) electrons. The van der Waals surface area contributed by atoms with Crippen molar-refractivity contribution in [3.8, 4) is 0 Å². The lowest BCUT2D eigenvalue weighted by Crippen LogP contribution is -2.37. The Balaban J connectivity index is 1.47. The standard InChI is InChI=1S/C22H23N3O2S/c1-16-6-2-3-7-17(16)20-10-11-24(12-13-28-20)21(26)14-25-15-23-19-9-5-4-8-18(19)22(25)27/h2-9,15,20H,10-14H2,1H3. The van der Waals surface area contributed by atoms with Gasteiger partial charge in [0.05, 0.1) is 17.2 Å². The van der Waals surface area contributed by atoms with Gasteiger partial charge in [0.2, 0.25) is 5.91 Å². The number of hydrogen-bond acceptors (Lipinski definition) is 4. The number of hydrogen-bond donors (Lipinski definition) is 0. The summed E-state index contributed by atoms with van der Waals surface area (Å²) in [7, 11) is 0. The molecule has 28 heavy (non-hydrogen) atoms. The lowest BCUT2D eigenvalue weighted by molar-refractivity contribution is -0.131. The second-order valence-electron chi connectivity index (χ2n) is 7.08. The maximum absolute atomic E-state index is 12.8. The Morgan fingerprint density at radius 2 is 1.93 bits per heavy atom. The molecule has 0 bridgehead atoms. The van der Waals surface area contributed by atoms with Gasteiger partial charge < -0.3 is 4.90 Å². The summed E-state index contributed by atoms with van der Waals surface area (Å²) < 4.78 is 1.42. The molecule has 6 heteroatoms. The summed E-state index contributed by atoms with van der Waals surface area (Å²) in [6.45, 7) is 3.60. The lowest BCUT2D eigenvalue weighted by atomic mass is 10.0. The van der Waals surface area contributed by atoms with Gasteiger partial charge in [-0.15, -0.1) is 0 Å². The van der Waals surface area contributed by atoms with Gasteiger partial charge in [0, 0.05) is 24.1 Å². The van der Waals surface area contributed by atoms with E-state index in [9.17, 15) is 9.59 Å². The summed E-state index contributed by atoms with van der Waals surface area (Å²) in [5, 5.41) is 0.952. The number of fused-ring (bicyclic) bond motifs is 1. The Labute approximate surface area is 168 Å². The van der Waals surface area contributed by atoms with E-state index in [0.717, 1.165) is 12.2 Å². The molecule has 1 aliphatic rings. The fourth-order valence-electron chi connectivity index (χ4n) is 3.68. The number of para-hydroxylation sites is 1. The van der Waals surface area contributed by atoms with E-state index >= 15 is 0 Å². The third-order valence-corrected chi connectivity index (χ3v) is 6.58. The summed E-state index contributed by atoms with van der Waals surface area (Å²) in [5.74, 6) is 0.875. The first kappa shape index (κ1) is 18.7.